The van der Waals surface area contributed by atoms with Gasteiger partial charge < -0.3 is 0 Å². The number of alkyl halides is 17. The van der Waals surface area contributed by atoms with Crippen molar-refractivity contribution in [2.45, 2.75) is 60.5 Å². The fourth-order valence-corrected chi connectivity index (χ4v) is 2.83. The monoisotopic (exact) mass is 530 g/mol. The molecular formula is C14H7F17S. The maximum absolute atomic E-state index is 13.7. The summed E-state index contributed by atoms with van der Waals surface area (Å²) in [6.45, 7) is 0. The standard InChI is InChI=1S/C14H7F17S/c15-5(8(18)19)7(17)10(22,23)12(26,27)14(30,31)13(28,29)11(24,25)9(20,21)6(16)4-2-1-3-32-4/h1-3,5-8H. The van der Waals surface area contributed by atoms with Gasteiger partial charge in [0.15, 0.2) is 6.17 Å². The van der Waals surface area contributed by atoms with Crippen LogP contribution in [0.25, 0.3) is 0 Å². The molecule has 0 aliphatic carbocycles. The molecule has 0 amide bonds. The molecule has 0 aliphatic heterocycles. The molecule has 0 saturated heterocycles. The van der Waals surface area contributed by atoms with Crippen LogP contribution in [0, 0.1) is 0 Å². The topological polar surface area (TPSA) is 0 Å². The van der Waals surface area contributed by atoms with Gasteiger partial charge in [-0.1, -0.05) is 6.07 Å². The van der Waals surface area contributed by atoms with Gasteiger partial charge in [0.1, 0.15) is 0 Å². The van der Waals surface area contributed by atoms with E-state index in [-0.39, 0.29) is 17.4 Å². The lowest BCUT2D eigenvalue weighted by atomic mass is 9.87. The van der Waals surface area contributed by atoms with E-state index in [0.717, 1.165) is 5.38 Å². The summed E-state index contributed by atoms with van der Waals surface area (Å²) in [5, 5.41) is 0.718. The zero-order valence-electron chi connectivity index (χ0n) is 14.4. The number of hydrogen-bond acceptors (Lipinski definition) is 1. The van der Waals surface area contributed by atoms with E-state index in [1.807, 2.05) is 0 Å². The molecule has 3 atom stereocenters. The average molecular weight is 530 g/mol. The van der Waals surface area contributed by atoms with Crippen molar-refractivity contribution in [2.75, 3.05) is 0 Å². The zero-order valence-corrected chi connectivity index (χ0v) is 15.2. The van der Waals surface area contributed by atoms with Crippen LogP contribution in [-0.4, -0.2) is 54.3 Å². The van der Waals surface area contributed by atoms with Gasteiger partial charge in [-0.2, -0.15) is 52.7 Å². The Labute approximate surface area is 170 Å². The van der Waals surface area contributed by atoms with Gasteiger partial charge in [0.25, 0.3) is 6.43 Å². The van der Waals surface area contributed by atoms with E-state index in [2.05, 4.69) is 0 Å². The molecule has 18 heteroatoms. The zero-order chi connectivity index (χ0) is 25.7. The molecule has 1 aromatic rings. The Bertz CT molecular complexity index is 755. The summed E-state index contributed by atoms with van der Waals surface area (Å²) in [5.74, 6) is -47.1. The second kappa shape index (κ2) is 8.38. The summed E-state index contributed by atoms with van der Waals surface area (Å²) in [7, 11) is 0. The minimum Gasteiger partial charge on any atom is -0.238 e. The van der Waals surface area contributed by atoms with Crippen LogP contribution in [0.5, 0.6) is 0 Å². The number of hydrogen-bond donors (Lipinski definition) is 0. The third kappa shape index (κ3) is 3.89. The Morgan fingerprint density at radius 1 is 0.594 bits per heavy atom. The second-order valence-electron chi connectivity index (χ2n) is 6.10. The number of rotatable bonds is 10. The predicted molar refractivity (Wildman–Crippen MR) is 73.6 cm³/mol. The maximum Gasteiger partial charge on any atom is 0.384 e. The van der Waals surface area contributed by atoms with Crippen molar-refractivity contribution in [1.29, 1.82) is 0 Å². The second-order valence-corrected chi connectivity index (χ2v) is 7.08. The highest BCUT2D eigenvalue weighted by Gasteiger charge is 2.92. The van der Waals surface area contributed by atoms with Gasteiger partial charge in [-0.25, -0.2) is 22.0 Å². The Morgan fingerprint density at radius 2 is 1.00 bits per heavy atom. The van der Waals surface area contributed by atoms with Crippen LogP contribution in [0.15, 0.2) is 17.5 Å². The van der Waals surface area contributed by atoms with E-state index in [0.29, 0.717) is 6.07 Å². The van der Waals surface area contributed by atoms with Crippen molar-refractivity contribution in [3.8, 4) is 0 Å². The van der Waals surface area contributed by atoms with Gasteiger partial charge in [0.2, 0.25) is 12.3 Å². The quantitative estimate of drug-likeness (QED) is 0.275. The van der Waals surface area contributed by atoms with Gasteiger partial charge in [0.05, 0.1) is 0 Å². The van der Waals surface area contributed by atoms with Crippen LogP contribution in [-0.2, 0) is 0 Å². The van der Waals surface area contributed by atoms with E-state index in [1.165, 1.54) is 0 Å². The highest BCUT2D eigenvalue weighted by molar-refractivity contribution is 7.10. The summed E-state index contributed by atoms with van der Waals surface area (Å²) in [6, 6.07) is 0.970. The maximum atomic E-state index is 13.7. The molecule has 0 spiro atoms. The van der Waals surface area contributed by atoms with Crippen LogP contribution in [0.4, 0.5) is 74.6 Å². The average Bonchev–Trinajstić information content (AvgIpc) is 3.19. The summed E-state index contributed by atoms with van der Waals surface area (Å²) < 4.78 is 226. The Balaban J connectivity index is 3.54. The van der Waals surface area contributed by atoms with Crippen molar-refractivity contribution >= 4 is 11.3 Å². The highest BCUT2D eigenvalue weighted by Crippen LogP contribution is 2.63. The van der Waals surface area contributed by atoms with E-state index < -0.39 is 65.4 Å². The highest BCUT2D eigenvalue weighted by atomic mass is 32.1. The Kier molecular flexibility index (Phi) is 7.47. The fraction of sp³-hybridized carbons (Fsp3) is 0.714. The first-order valence-electron chi connectivity index (χ1n) is 7.54. The first-order chi connectivity index (χ1) is 14.0. The first-order valence-corrected chi connectivity index (χ1v) is 8.42. The SMILES string of the molecule is FC(F)C(F)C(F)C(F)(F)C(F)(F)C(F)(F)C(F)(F)C(F)(F)C(F)(F)C(F)c1cccs1. The molecule has 0 aliphatic rings. The molecule has 188 valence electrons. The largest absolute Gasteiger partial charge is 0.384 e. The summed E-state index contributed by atoms with van der Waals surface area (Å²) >= 11 is -0.139. The van der Waals surface area contributed by atoms with Crippen LogP contribution in [0.3, 0.4) is 0 Å². The van der Waals surface area contributed by atoms with Gasteiger partial charge in [-0.3, -0.25) is 0 Å². The van der Waals surface area contributed by atoms with Crippen LogP contribution in [0.1, 0.15) is 11.0 Å². The van der Waals surface area contributed by atoms with Gasteiger partial charge >= 0.3 is 35.5 Å². The van der Waals surface area contributed by atoms with Gasteiger partial charge in [0, 0.05) is 4.88 Å². The molecule has 0 saturated carbocycles. The number of halogens is 17. The summed E-state index contributed by atoms with van der Waals surface area (Å²) in [5.41, 5.74) is 0. The predicted octanol–water partition coefficient (Wildman–Crippen LogP) is 7.51. The molecule has 0 bridgehead atoms. The molecule has 0 radical (unpaired) electrons. The molecule has 0 N–H and O–H groups in total. The lowest BCUT2D eigenvalue weighted by Gasteiger charge is -2.42. The Morgan fingerprint density at radius 3 is 1.34 bits per heavy atom. The van der Waals surface area contributed by atoms with E-state index in [4.69, 9.17) is 0 Å². The summed E-state index contributed by atoms with van der Waals surface area (Å²) in [4.78, 5) is -1.49. The molecule has 0 fully saturated rings. The van der Waals surface area contributed by atoms with Crippen molar-refractivity contribution in [2.24, 2.45) is 0 Å². The van der Waals surface area contributed by atoms with Crippen LogP contribution >= 0.6 is 11.3 Å². The first kappa shape index (κ1) is 28.5. The van der Waals surface area contributed by atoms with E-state index in [9.17, 15) is 74.6 Å². The smallest absolute Gasteiger partial charge is 0.238 e. The molecule has 1 heterocycles. The van der Waals surface area contributed by atoms with Crippen molar-refractivity contribution < 1.29 is 74.6 Å². The molecule has 3 unspecified atom stereocenters. The van der Waals surface area contributed by atoms with Crippen molar-refractivity contribution in [3.05, 3.63) is 22.4 Å². The summed E-state index contributed by atoms with van der Waals surface area (Å²) in [6.07, 6.45) is -20.1. The lowest BCUT2D eigenvalue weighted by molar-refractivity contribution is -0.434. The third-order valence-corrected chi connectivity index (χ3v) is 4.91. The Hall–Kier alpha value is -1.49. The minimum absolute atomic E-state index is 0.139. The van der Waals surface area contributed by atoms with Crippen molar-refractivity contribution in [1.82, 2.24) is 0 Å². The van der Waals surface area contributed by atoms with Gasteiger partial charge in [-0.15, -0.1) is 11.3 Å². The molecule has 32 heavy (non-hydrogen) atoms. The van der Waals surface area contributed by atoms with Crippen molar-refractivity contribution in [3.63, 3.8) is 0 Å². The van der Waals surface area contributed by atoms with Gasteiger partial charge in [-0.05, 0) is 11.4 Å². The number of thiophene rings is 1. The normalized spacial score (nSPS) is 18.1. The molecule has 0 nitrogen and oxygen atoms in total. The fourth-order valence-electron chi connectivity index (χ4n) is 2.09. The van der Waals surface area contributed by atoms with E-state index in [1.54, 1.807) is 0 Å². The third-order valence-electron chi connectivity index (χ3n) is 4.00. The van der Waals surface area contributed by atoms with Crippen LogP contribution in [0.2, 0.25) is 0 Å². The molecule has 1 rings (SSSR count). The molecule has 0 aromatic carbocycles. The minimum atomic E-state index is -8.35. The molecular weight excluding hydrogens is 523 g/mol. The van der Waals surface area contributed by atoms with E-state index >= 15 is 0 Å². The van der Waals surface area contributed by atoms with Crippen LogP contribution < -0.4 is 0 Å². The molecule has 1 aromatic heterocycles. The lowest BCUT2D eigenvalue weighted by Crippen LogP contribution is -2.72.